The first-order valence-corrected chi connectivity index (χ1v) is 6.71. The highest BCUT2D eigenvalue weighted by atomic mass is 16.6. The minimum absolute atomic E-state index is 0.0102. The molecule has 1 aromatic heterocycles. The first kappa shape index (κ1) is 11.7. The van der Waals surface area contributed by atoms with Crippen LogP contribution in [0.4, 0.5) is 0 Å². The maximum atomic E-state index is 11.7. The lowest BCUT2D eigenvalue weighted by atomic mass is 9.65. The van der Waals surface area contributed by atoms with E-state index in [9.17, 15) is 4.79 Å². The summed E-state index contributed by atoms with van der Waals surface area (Å²) >= 11 is 0. The second kappa shape index (κ2) is 4.08. The van der Waals surface area contributed by atoms with Gasteiger partial charge in [0.05, 0.1) is 5.92 Å². The van der Waals surface area contributed by atoms with Gasteiger partial charge in [-0.05, 0) is 42.4 Å². The third-order valence-electron chi connectivity index (χ3n) is 4.82. The number of pyridine rings is 1. The average molecular weight is 245 g/mol. The Morgan fingerprint density at radius 1 is 1.39 bits per heavy atom. The molecule has 2 heterocycles. The summed E-state index contributed by atoms with van der Waals surface area (Å²) in [6.45, 7) is 4.28. The molecule has 3 nitrogen and oxygen atoms in total. The molecular weight excluding hydrogens is 226 g/mol. The van der Waals surface area contributed by atoms with Crippen molar-refractivity contribution >= 4 is 5.97 Å². The fourth-order valence-corrected chi connectivity index (χ4v) is 3.52. The molecule has 1 aliphatic heterocycles. The second-order valence-electron chi connectivity index (χ2n) is 5.97. The fourth-order valence-electron chi connectivity index (χ4n) is 3.52. The van der Waals surface area contributed by atoms with Crippen LogP contribution in [-0.2, 0) is 14.9 Å². The van der Waals surface area contributed by atoms with E-state index in [2.05, 4.69) is 24.0 Å². The molecule has 18 heavy (non-hydrogen) atoms. The number of hydrogen-bond donors (Lipinski definition) is 0. The van der Waals surface area contributed by atoms with E-state index in [1.54, 1.807) is 0 Å². The lowest BCUT2D eigenvalue weighted by Crippen LogP contribution is -2.37. The number of rotatable bonds is 1. The molecule has 1 aliphatic carbocycles. The van der Waals surface area contributed by atoms with E-state index < -0.39 is 0 Å². The lowest BCUT2D eigenvalue weighted by Gasteiger charge is -2.39. The Morgan fingerprint density at radius 2 is 2.11 bits per heavy atom. The van der Waals surface area contributed by atoms with Gasteiger partial charge in [-0.1, -0.05) is 13.8 Å². The van der Waals surface area contributed by atoms with Crippen molar-refractivity contribution in [2.24, 2.45) is 11.8 Å². The van der Waals surface area contributed by atoms with Crippen molar-refractivity contribution in [3.05, 3.63) is 30.1 Å². The van der Waals surface area contributed by atoms with Crippen LogP contribution in [0.1, 0.15) is 38.7 Å². The zero-order valence-electron chi connectivity index (χ0n) is 10.9. The first-order valence-electron chi connectivity index (χ1n) is 6.71. The minimum atomic E-state index is -0.0102. The molecule has 3 rings (SSSR count). The third-order valence-corrected chi connectivity index (χ3v) is 4.82. The van der Waals surface area contributed by atoms with Crippen molar-refractivity contribution in [2.75, 3.05) is 0 Å². The van der Waals surface area contributed by atoms with Crippen LogP contribution in [-0.4, -0.2) is 17.1 Å². The van der Waals surface area contributed by atoms with Crippen molar-refractivity contribution in [1.29, 1.82) is 0 Å². The predicted octanol–water partition coefficient (Wildman–Crippen LogP) is 2.70. The Labute approximate surface area is 108 Å². The largest absolute Gasteiger partial charge is 0.462 e. The van der Waals surface area contributed by atoms with Gasteiger partial charge in [-0.2, -0.15) is 0 Å². The molecule has 0 bridgehead atoms. The quantitative estimate of drug-likeness (QED) is 0.714. The number of carbonyl (C=O) groups excluding carboxylic acids is 1. The van der Waals surface area contributed by atoms with E-state index >= 15 is 0 Å². The molecule has 1 saturated carbocycles. The number of fused-ring (bicyclic) bond motifs is 1. The van der Waals surface area contributed by atoms with Gasteiger partial charge >= 0.3 is 5.97 Å². The van der Waals surface area contributed by atoms with E-state index in [1.807, 2.05) is 19.3 Å². The van der Waals surface area contributed by atoms with Crippen molar-refractivity contribution in [3.63, 3.8) is 0 Å². The number of nitrogens with zero attached hydrogens (tertiary/aromatic N) is 1. The number of ether oxygens (including phenoxy) is 1. The maximum Gasteiger partial charge on any atom is 0.309 e. The lowest BCUT2D eigenvalue weighted by molar-refractivity contribution is -0.144. The zero-order valence-corrected chi connectivity index (χ0v) is 10.9. The summed E-state index contributed by atoms with van der Waals surface area (Å²) in [7, 11) is 0. The standard InChI is InChI=1S/C15H19NO2/c1-10-12-3-6-15(2,9-13(12)18-14(10)17)11-4-7-16-8-5-11/h4-5,7-8,10,12-13H,3,6,9H2,1-2H3. The van der Waals surface area contributed by atoms with Crippen LogP contribution in [0.5, 0.6) is 0 Å². The number of carbonyl (C=O) groups is 1. The normalized spacial score (nSPS) is 39.2. The molecule has 0 amide bonds. The maximum absolute atomic E-state index is 11.7. The van der Waals surface area contributed by atoms with Gasteiger partial charge in [0.15, 0.2) is 0 Å². The predicted molar refractivity (Wildman–Crippen MR) is 68.0 cm³/mol. The molecule has 1 aromatic rings. The third kappa shape index (κ3) is 1.73. The van der Waals surface area contributed by atoms with E-state index in [-0.39, 0.29) is 23.4 Å². The molecule has 2 fully saturated rings. The van der Waals surface area contributed by atoms with Crippen LogP contribution in [0.15, 0.2) is 24.5 Å². The molecule has 4 atom stereocenters. The highest BCUT2D eigenvalue weighted by molar-refractivity contribution is 5.75. The summed E-state index contributed by atoms with van der Waals surface area (Å²) in [6.07, 6.45) is 6.94. The Morgan fingerprint density at radius 3 is 2.83 bits per heavy atom. The van der Waals surface area contributed by atoms with E-state index in [0.29, 0.717) is 5.92 Å². The van der Waals surface area contributed by atoms with Crippen LogP contribution in [0, 0.1) is 11.8 Å². The molecule has 1 saturated heterocycles. The summed E-state index contributed by atoms with van der Waals surface area (Å²) < 4.78 is 5.54. The topological polar surface area (TPSA) is 39.2 Å². The summed E-state index contributed by atoms with van der Waals surface area (Å²) in [6, 6.07) is 4.17. The van der Waals surface area contributed by atoms with E-state index in [1.165, 1.54) is 5.56 Å². The summed E-state index contributed by atoms with van der Waals surface area (Å²) in [4.78, 5) is 15.7. The highest BCUT2D eigenvalue weighted by Gasteiger charge is 2.48. The van der Waals surface area contributed by atoms with E-state index in [0.717, 1.165) is 19.3 Å². The SMILES string of the molecule is CC1C(=O)OC2CC(C)(c3ccncc3)CCC21. The summed E-state index contributed by atoms with van der Waals surface area (Å²) in [5, 5.41) is 0. The molecule has 0 radical (unpaired) electrons. The van der Waals surface area contributed by atoms with Gasteiger partial charge in [0.1, 0.15) is 6.10 Å². The Bertz CT molecular complexity index is 459. The Kier molecular flexibility index (Phi) is 2.65. The minimum Gasteiger partial charge on any atom is -0.462 e. The van der Waals surface area contributed by atoms with Gasteiger partial charge < -0.3 is 4.74 Å². The molecule has 0 N–H and O–H groups in total. The van der Waals surface area contributed by atoms with Gasteiger partial charge in [-0.15, -0.1) is 0 Å². The summed E-state index contributed by atoms with van der Waals surface area (Å²) in [5.41, 5.74) is 1.43. The molecule has 2 aliphatic rings. The highest BCUT2D eigenvalue weighted by Crippen LogP contribution is 2.47. The van der Waals surface area contributed by atoms with Gasteiger partial charge in [0.2, 0.25) is 0 Å². The van der Waals surface area contributed by atoms with Gasteiger partial charge in [-0.3, -0.25) is 9.78 Å². The number of aromatic nitrogens is 1. The summed E-state index contributed by atoms with van der Waals surface area (Å²) in [5.74, 6) is 0.494. The molecule has 96 valence electrons. The van der Waals surface area contributed by atoms with Gasteiger partial charge in [-0.25, -0.2) is 0 Å². The van der Waals surface area contributed by atoms with Crippen LogP contribution >= 0.6 is 0 Å². The Balaban J connectivity index is 1.84. The molecule has 0 aromatic carbocycles. The smallest absolute Gasteiger partial charge is 0.309 e. The fraction of sp³-hybridized carbons (Fsp3) is 0.600. The van der Waals surface area contributed by atoms with Crippen molar-refractivity contribution in [2.45, 2.75) is 44.6 Å². The Hall–Kier alpha value is -1.38. The van der Waals surface area contributed by atoms with Crippen molar-refractivity contribution in [3.8, 4) is 0 Å². The van der Waals surface area contributed by atoms with Crippen molar-refractivity contribution < 1.29 is 9.53 Å². The molecule has 3 heteroatoms. The molecule has 4 unspecified atom stereocenters. The van der Waals surface area contributed by atoms with E-state index in [4.69, 9.17) is 4.74 Å². The van der Waals surface area contributed by atoms with Crippen LogP contribution < -0.4 is 0 Å². The van der Waals surface area contributed by atoms with Crippen molar-refractivity contribution in [1.82, 2.24) is 4.98 Å². The van der Waals surface area contributed by atoms with Crippen LogP contribution in [0.25, 0.3) is 0 Å². The second-order valence-corrected chi connectivity index (χ2v) is 5.97. The van der Waals surface area contributed by atoms with Gasteiger partial charge in [0, 0.05) is 18.3 Å². The first-order chi connectivity index (χ1) is 8.60. The van der Waals surface area contributed by atoms with Crippen LogP contribution in [0.2, 0.25) is 0 Å². The number of hydrogen-bond acceptors (Lipinski definition) is 3. The molecule has 0 spiro atoms. The molecular formula is C15H19NO2. The monoisotopic (exact) mass is 245 g/mol. The zero-order chi connectivity index (χ0) is 12.8. The van der Waals surface area contributed by atoms with Crippen LogP contribution in [0.3, 0.4) is 0 Å². The number of esters is 1. The van der Waals surface area contributed by atoms with Gasteiger partial charge in [0.25, 0.3) is 0 Å². The average Bonchev–Trinajstić information content (AvgIpc) is 2.65.